The lowest BCUT2D eigenvalue weighted by Crippen LogP contribution is -2.36. The van der Waals surface area contributed by atoms with E-state index < -0.39 is 0 Å². The van der Waals surface area contributed by atoms with E-state index >= 15 is 0 Å². The third-order valence-electron chi connectivity index (χ3n) is 3.98. The van der Waals surface area contributed by atoms with E-state index in [1.54, 1.807) is 21.3 Å². The molecule has 7 heteroatoms. The first kappa shape index (κ1) is 20.4. The van der Waals surface area contributed by atoms with Crippen LogP contribution in [-0.4, -0.2) is 40.3 Å². The van der Waals surface area contributed by atoms with E-state index in [0.29, 0.717) is 23.8 Å². The van der Waals surface area contributed by atoms with E-state index in [1.165, 1.54) is 12.8 Å². The van der Waals surface area contributed by atoms with Crippen LogP contribution >= 0.6 is 12.4 Å². The van der Waals surface area contributed by atoms with Crippen LogP contribution in [0.4, 0.5) is 0 Å². The Kier molecular flexibility index (Phi) is 8.15. The Morgan fingerprint density at radius 3 is 2.21 bits per heavy atom. The van der Waals surface area contributed by atoms with Crippen molar-refractivity contribution in [2.24, 2.45) is 5.92 Å². The van der Waals surface area contributed by atoms with Gasteiger partial charge in [-0.05, 0) is 49.9 Å². The number of halogens is 1. The number of carbonyl (C=O) groups excluding carboxylic acids is 1. The van der Waals surface area contributed by atoms with Gasteiger partial charge in [-0.2, -0.15) is 0 Å². The van der Waals surface area contributed by atoms with Crippen molar-refractivity contribution in [2.45, 2.75) is 25.8 Å². The number of ether oxygens (including phenoxy) is 3. The summed E-state index contributed by atoms with van der Waals surface area (Å²) in [7, 11) is 4.72. The van der Waals surface area contributed by atoms with E-state index in [2.05, 4.69) is 10.6 Å². The average molecular weight is 359 g/mol. The second-order valence-corrected chi connectivity index (χ2v) is 5.82. The highest BCUT2D eigenvalue weighted by Crippen LogP contribution is 2.39. The van der Waals surface area contributed by atoms with Gasteiger partial charge in [0.05, 0.1) is 33.9 Å². The summed E-state index contributed by atoms with van der Waals surface area (Å²) in [5, 5.41) is 6.16. The summed E-state index contributed by atoms with van der Waals surface area (Å²) >= 11 is 0. The van der Waals surface area contributed by atoms with Crippen molar-refractivity contribution >= 4 is 18.3 Å². The molecule has 136 valence electrons. The predicted molar refractivity (Wildman–Crippen MR) is 95.5 cm³/mol. The largest absolute Gasteiger partial charge is 0.493 e. The van der Waals surface area contributed by atoms with Crippen molar-refractivity contribution in [3.8, 4) is 17.2 Å². The lowest BCUT2D eigenvalue weighted by Gasteiger charge is -2.19. The standard InChI is InChI=1S/C17H26N2O4.ClH/c1-11(19-16(20)10-18-9-12-5-6-12)13-7-14(21-2)17(23-4)15(8-13)22-3;/h7-8,11-12,18H,5-6,9-10H2,1-4H3,(H,19,20);1H. The maximum absolute atomic E-state index is 12.0. The molecule has 0 heterocycles. The van der Waals surface area contributed by atoms with Crippen molar-refractivity contribution in [3.63, 3.8) is 0 Å². The van der Waals surface area contributed by atoms with Crippen molar-refractivity contribution in [1.82, 2.24) is 10.6 Å². The summed E-state index contributed by atoms with van der Waals surface area (Å²) in [5.74, 6) is 2.44. The number of amides is 1. The van der Waals surface area contributed by atoms with Gasteiger partial charge in [0, 0.05) is 0 Å². The van der Waals surface area contributed by atoms with Crippen LogP contribution in [0, 0.1) is 5.92 Å². The van der Waals surface area contributed by atoms with Crippen molar-refractivity contribution in [2.75, 3.05) is 34.4 Å². The van der Waals surface area contributed by atoms with Gasteiger partial charge >= 0.3 is 0 Å². The predicted octanol–water partition coefficient (Wildman–Crippen LogP) is 2.31. The molecule has 0 radical (unpaired) electrons. The van der Waals surface area contributed by atoms with Crippen LogP contribution in [0.5, 0.6) is 17.2 Å². The van der Waals surface area contributed by atoms with Gasteiger partial charge in [-0.15, -0.1) is 12.4 Å². The topological polar surface area (TPSA) is 68.8 Å². The molecular formula is C17H27ClN2O4. The van der Waals surface area contributed by atoms with Crippen LogP contribution in [-0.2, 0) is 4.79 Å². The van der Waals surface area contributed by atoms with Crippen LogP contribution in [0.15, 0.2) is 12.1 Å². The van der Waals surface area contributed by atoms with E-state index in [9.17, 15) is 4.79 Å². The summed E-state index contributed by atoms with van der Waals surface area (Å²) < 4.78 is 16.0. The first-order valence-corrected chi connectivity index (χ1v) is 7.89. The van der Waals surface area contributed by atoms with Gasteiger partial charge in [0.15, 0.2) is 11.5 Å². The second-order valence-electron chi connectivity index (χ2n) is 5.82. The first-order chi connectivity index (χ1) is 11.1. The van der Waals surface area contributed by atoms with Crippen LogP contribution < -0.4 is 24.8 Å². The lowest BCUT2D eigenvalue weighted by molar-refractivity contribution is -0.120. The highest BCUT2D eigenvalue weighted by Gasteiger charge is 2.21. The second kappa shape index (κ2) is 9.59. The molecule has 6 nitrogen and oxygen atoms in total. The minimum atomic E-state index is -0.154. The Labute approximate surface area is 149 Å². The Bertz CT molecular complexity index is 524. The number of carbonyl (C=O) groups is 1. The van der Waals surface area contributed by atoms with Crippen LogP contribution in [0.2, 0.25) is 0 Å². The third-order valence-corrected chi connectivity index (χ3v) is 3.98. The maximum atomic E-state index is 12.0. The van der Waals surface area contributed by atoms with Gasteiger partial charge in [-0.3, -0.25) is 4.79 Å². The molecule has 0 bridgehead atoms. The molecule has 24 heavy (non-hydrogen) atoms. The molecule has 1 aliphatic rings. The molecule has 1 aromatic carbocycles. The third kappa shape index (κ3) is 5.46. The first-order valence-electron chi connectivity index (χ1n) is 7.89. The Balaban J connectivity index is 0.00000288. The molecule has 1 aliphatic carbocycles. The highest BCUT2D eigenvalue weighted by atomic mass is 35.5. The van der Waals surface area contributed by atoms with Crippen molar-refractivity contribution in [3.05, 3.63) is 17.7 Å². The van der Waals surface area contributed by atoms with E-state index in [4.69, 9.17) is 14.2 Å². The summed E-state index contributed by atoms with van der Waals surface area (Å²) in [4.78, 5) is 12.0. The molecule has 0 spiro atoms. The zero-order valence-electron chi connectivity index (χ0n) is 14.7. The SMILES string of the molecule is COc1cc(C(C)NC(=O)CNCC2CC2)cc(OC)c1OC.Cl. The van der Waals surface area contributed by atoms with Gasteiger partial charge in [0.1, 0.15) is 0 Å². The molecule has 1 aromatic rings. The number of hydrogen-bond acceptors (Lipinski definition) is 5. The number of hydrogen-bond donors (Lipinski definition) is 2. The quantitative estimate of drug-likeness (QED) is 0.709. The molecule has 1 unspecified atom stereocenters. The molecule has 2 N–H and O–H groups in total. The fourth-order valence-corrected chi connectivity index (χ4v) is 2.44. The number of rotatable bonds is 9. The van der Waals surface area contributed by atoms with Gasteiger partial charge in [0.25, 0.3) is 0 Å². The van der Waals surface area contributed by atoms with Gasteiger partial charge in [-0.1, -0.05) is 0 Å². The van der Waals surface area contributed by atoms with Crippen molar-refractivity contribution in [1.29, 1.82) is 0 Å². The zero-order chi connectivity index (χ0) is 16.8. The minimum absolute atomic E-state index is 0. The van der Waals surface area contributed by atoms with Crippen molar-refractivity contribution < 1.29 is 19.0 Å². The lowest BCUT2D eigenvalue weighted by atomic mass is 10.1. The fraction of sp³-hybridized carbons (Fsp3) is 0.588. The minimum Gasteiger partial charge on any atom is -0.493 e. The number of benzene rings is 1. The zero-order valence-corrected chi connectivity index (χ0v) is 15.5. The van der Waals surface area contributed by atoms with Gasteiger partial charge in [-0.25, -0.2) is 0 Å². The summed E-state index contributed by atoms with van der Waals surface area (Å²) in [6.07, 6.45) is 2.55. The summed E-state index contributed by atoms with van der Waals surface area (Å²) in [6, 6.07) is 3.55. The van der Waals surface area contributed by atoms with E-state index in [0.717, 1.165) is 18.0 Å². The van der Waals surface area contributed by atoms with Crippen LogP contribution in [0.3, 0.4) is 0 Å². The molecule has 1 saturated carbocycles. The molecule has 0 aliphatic heterocycles. The molecule has 2 rings (SSSR count). The van der Waals surface area contributed by atoms with Crippen LogP contribution in [0.1, 0.15) is 31.4 Å². The van der Waals surface area contributed by atoms with E-state index in [1.807, 2.05) is 19.1 Å². The fourth-order valence-electron chi connectivity index (χ4n) is 2.44. The molecular weight excluding hydrogens is 332 g/mol. The number of methoxy groups -OCH3 is 3. The van der Waals surface area contributed by atoms with E-state index in [-0.39, 0.29) is 24.4 Å². The monoisotopic (exact) mass is 358 g/mol. The van der Waals surface area contributed by atoms with Gasteiger partial charge in [0.2, 0.25) is 11.7 Å². The molecule has 0 saturated heterocycles. The highest BCUT2D eigenvalue weighted by molar-refractivity contribution is 5.85. The summed E-state index contributed by atoms with van der Waals surface area (Å²) in [6.45, 7) is 3.19. The van der Waals surface area contributed by atoms with Gasteiger partial charge < -0.3 is 24.8 Å². The number of nitrogens with one attached hydrogen (secondary N) is 2. The normalized spacial score (nSPS) is 14.3. The Morgan fingerprint density at radius 2 is 1.75 bits per heavy atom. The summed E-state index contributed by atoms with van der Waals surface area (Å²) in [5.41, 5.74) is 0.898. The van der Waals surface area contributed by atoms with Crippen LogP contribution in [0.25, 0.3) is 0 Å². The smallest absolute Gasteiger partial charge is 0.234 e. The molecule has 1 amide bonds. The average Bonchev–Trinajstić information content (AvgIpc) is 3.37. The molecule has 0 aromatic heterocycles. The maximum Gasteiger partial charge on any atom is 0.234 e. The molecule has 1 fully saturated rings. The Morgan fingerprint density at radius 1 is 1.17 bits per heavy atom. The molecule has 1 atom stereocenters. The Hall–Kier alpha value is -1.66.